The third kappa shape index (κ3) is 6.15. The first-order valence-electron chi connectivity index (χ1n) is 5.19. The molecule has 1 aromatic rings. The molecule has 0 aromatic heterocycles. The van der Waals surface area contributed by atoms with Crippen molar-refractivity contribution in [1.29, 1.82) is 0 Å². The van der Waals surface area contributed by atoms with Crippen LogP contribution >= 0.6 is 39.9 Å². The van der Waals surface area contributed by atoms with Crippen LogP contribution in [0.1, 0.15) is 0 Å². The highest BCUT2D eigenvalue weighted by Gasteiger charge is 2.05. The van der Waals surface area contributed by atoms with Gasteiger partial charge in [-0.3, -0.25) is 0 Å². The molecule has 0 spiro atoms. The van der Waals surface area contributed by atoms with Crippen LogP contribution in [0, 0.1) is 0 Å². The van der Waals surface area contributed by atoms with E-state index >= 15 is 0 Å². The summed E-state index contributed by atoms with van der Waals surface area (Å²) in [6.45, 7) is 4.08. The fraction of sp³-hybridized carbons (Fsp3) is 0.250. The topological polar surface area (TPSA) is 68.9 Å². The van der Waals surface area contributed by atoms with Gasteiger partial charge in [0, 0.05) is 10.5 Å². The number of aliphatic imine (C=N–C) groups is 1. The Morgan fingerprint density at radius 2 is 2.11 bits per heavy atom. The molecule has 19 heavy (non-hydrogen) atoms. The van der Waals surface area contributed by atoms with Crippen LogP contribution in [0.4, 0.5) is 5.69 Å². The summed E-state index contributed by atoms with van der Waals surface area (Å²) in [5, 5.41) is 2.95. The summed E-state index contributed by atoms with van der Waals surface area (Å²) in [4.78, 5) is 4.09. The van der Waals surface area contributed by atoms with E-state index in [1.807, 2.05) is 0 Å². The van der Waals surface area contributed by atoms with E-state index in [2.05, 4.69) is 32.8 Å². The van der Waals surface area contributed by atoms with E-state index in [9.17, 15) is 0 Å². The molecule has 0 bridgehead atoms. The molecular weight excluding hydrogens is 425 g/mol. The third-order valence-corrected chi connectivity index (χ3v) is 2.34. The van der Waals surface area contributed by atoms with Crippen molar-refractivity contribution in [2.75, 3.05) is 26.1 Å². The number of hydrogen-bond donors (Lipinski definition) is 2. The maximum absolute atomic E-state index is 5.75. The van der Waals surface area contributed by atoms with Gasteiger partial charge in [-0.05, 0) is 12.1 Å². The lowest BCUT2D eigenvalue weighted by atomic mass is 10.2. The molecule has 106 valence electrons. The van der Waals surface area contributed by atoms with Crippen molar-refractivity contribution in [3.8, 4) is 11.5 Å². The summed E-state index contributed by atoms with van der Waals surface area (Å²) in [6, 6.07) is 5.37. The maximum atomic E-state index is 5.75. The van der Waals surface area contributed by atoms with E-state index < -0.39 is 0 Å². The molecule has 0 aliphatic heterocycles. The Kier molecular flexibility index (Phi) is 8.57. The summed E-state index contributed by atoms with van der Waals surface area (Å²) >= 11 is 3.21. The lowest BCUT2D eigenvalue weighted by molar-refractivity contribution is 0.405. The quantitative estimate of drug-likeness (QED) is 0.418. The number of nitrogens with zero attached hydrogens (tertiary/aromatic N) is 1. The van der Waals surface area contributed by atoms with Crippen LogP contribution in [-0.4, -0.2) is 26.7 Å². The fourth-order valence-electron chi connectivity index (χ4n) is 1.26. The van der Waals surface area contributed by atoms with Gasteiger partial charge in [0.25, 0.3) is 0 Å². The monoisotopic (exact) mass is 441 g/mol. The van der Waals surface area contributed by atoms with Gasteiger partial charge in [0.2, 0.25) is 0 Å². The molecule has 5 nitrogen and oxygen atoms in total. The number of hydrogen-bond acceptors (Lipinski definition) is 3. The average molecular weight is 442 g/mol. The number of halogens is 2. The van der Waals surface area contributed by atoms with E-state index in [1.54, 1.807) is 32.4 Å². The van der Waals surface area contributed by atoms with E-state index in [-0.39, 0.29) is 29.9 Å². The number of ether oxygens (including phenoxy) is 2. The predicted octanol–water partition coefficient (Wildman–Crippen LogP) is 2.96. The smallest absolute Gasteiger partial charge is 0.193 e. The molecule has 0 saturated heterocycles. The molecule has 0 saturated carbocycles. The molecule has 0 atom stereocenters. The summed E-state index contributed by atoms with van der Waals surface area (Å²) in [7, 11) is 3.18. The largest absolute Gasteiger partial charge is 0.497 e. The lowest BCUT2D eigenvalue weighted by Gasteiger charge is -2.12. The van der Waals surface area contributed by atoms with Gasteiger partial charge < -0.3 is 20.5 Å². The van der Waals surface area contributed by atoms with Gasteiger partial charge in [-0.25, -0.2) is 4.99 Å². The molecule has 0 aliphatic carbocycles. The Morgan fingerprint density at radius 1 is 1.42 bits per heavy atom. The molecule has 1 rings (SSSR count). The second-order valence-corrected chi connectivity index (χ2v) is 4.53. The Labute approximate surface area is 138 Å². The van der Waals surface area contributed by atoms with Gasteiger partial charge in [-0.15, -0.1) is 24.0 Å². The average Bonchev–Trinajstić information content (AvgIpc) is 2.36. The van der Waals surface area contributed by atoms with Crippen LogP contribution in [0.15, 0.2) is 34.3 Å². The van der Waals surface area contributed by atoms with Crippen LogP contribution in [-0.2, 0) is 0 Å². The first-order valence-corrected chi connectivity index (χ1v) is 5.98. The predicted molar refractivity (Wildman–Crippen MR) is 93.1 cm³/mol. The minimum Gasteiger partial charge on any atom is -0.497 e. The van der Waals surface area contributed by atoms with Crippen LogP contribution < -0.4 is 20.5 Å². The molecular formula is C12H17BrIN3O2. The number of methoxy groups -OCH3 is 2. The number of benzene rings is 1. The van der Waals surface area contributed by atoms with Crippen molar-refractivity contribution < 1.29 is 9.47 Å². The highest BCUT2D eigenvalue weighted by molar-refractivity contribution is 14.0. The third-order valence-electron chi connectivity index (χ3n) is 2.09. The van der Waals surface area contributed by atoms with Gasteiger partial charge in [-0.1, -0.05) is 22.5 Å². The van der Waals surface area contributed by atoms with Gasteiger partial charge in [0.05, 0.1) is 26.5 Å². The second-order valence-electron chi connectivity index (χ2n) is 3.41. The Hall–Kier alpha value is -0.960. The van der Waals surface area contributed by atoms with Gasteiger partial charge >= 0.3 is 0 Å². The van der Waals surface area contributed by atoms with Crippen molar-refractivity contribution in [3.05, 3.63) is 29.3 Å². The minimum absolute atomic E-state index is 0. The summed E-state index contributed by atoms with van der Waals surface area (Å²) in [5.74, 6) is 1.64. The van der Waals surface area contributed by atoms with Crippen molar-refractivity contribution in [2.45, 2.75) is 0 Å². The molecule has 3 N–H and O–H groups in total. The van der Waals surface area contributed by atoms with E-state index in [0.717, 1.165) is 4.48 Å². The van der Waals surface area contributed by atoms with Crippen LogP contribution in [0.2, 0.25) is 0 Å². The second kappa shape index (κ2) is 9.03. The molecule has 0 radical (unpaired) electrons. The Morgan fingerprint density at radius 3 is 2.63 bits per heavy atom. The number of anilines is 1. The Bertz CT molecular complexity index is 466. The first-order chi connectivity index (χ1) is 8.56. The highest BCUT2D eigenvalue weighted by Crippen LogP contribution is 2.28. The summed E-state index contributed by atoms with van der Waals surface area (Å²) < 4.78 is 11.1. The van der Waals surface area contributed by atoms with E-state index in [1.165, 1.54) is 0 Å². The zero-order valence-corrected chi connectivity index (χ0v) is 14.7. The highest BCUT2D eigenvalue weighted by atomic mass is 127. The fourth-order valence-corrected chi connectivity index (χ4v) is 1.39. The lowest BCUT2D eigenvalue weighted by Crippen LogP contribution is -2.23. The standard InChI is InChI=1S/C12H16BrN3O2.HI/c1-8(13)7-15-12(14)16-10-6-9(17-2)4-5-11(10)18-3;/h4-6H,1,7H2,2-3H3,(H3,14,15,16);1H. The molecule has 7 heteroatoms. The van der Waals surface area contributed by atoms with Gasteiger partial charge in [0.15, 0.2) is 5.96 Å². The number of nitrogens with two attached hydrogens (primary N) is 1. The van der Waals surface area contributed by atoms with Gasteiger partial charge in [0.1, 0.15) is 11.5 Å². The van der Waals surface area contributed by atoms with Crippen molar-refractivity contribution >= 4 is 51.6 Å². The molecule has 0 unspecified atom stereocenters. The molecule has 0 aliphatic rings. The van der Waals surface area contributed by atoms with Crippen LogP contribution in [0.5, 0.6) is 11.5 Å². The molecule has 0 fully saturated rings. The molecule has 0 heterocycles. The van der Waals surface area contributed by atoms with E-state index in [4.69, 9.17) is 15.2 Å². The molecule has 0 amide bonds. The number of nitrogens with one attached hydrogen (secondary N) is 1. The molecule has 1 aromatic carbocycles. The van der Waals surface area contributed by atoms with Crippen LogP contribution in [0.3, 0.4) is 0 Å². The minimum atomic E-state index is 0. The number of guanidine groups is 1. The SMILES string of the molecule is C=C(Br)CN=C(N)Nc1cc(OC)ccc1OC.I. The van der Waals surface area contributed by atoms with Crippen molar-refractivity contribution in [1.82, 2.24) is 0 Å². The summed E-state index contributed by atoms with van der Waals surface area (Å²) in [6.07, 6.45) is 0. The first kappa shape index (κ1) is 18.0. The zero-order valence-electron chi connectivity index (χ0n) is 10.8. The zero-order chi connectivity index (χ0) is 13.5. The van der Waals surface area contributed by atoms with E-state index in [0.29, 0.717) is 23.7 Å². The Balaban J connectivity index is 0.00000324. The van der Waals surface area contributed by atoms with Crippen molar-refractivity contribution in [3.63, 3.8) is 0 Å². The summed E-state index contributed by atoms with van der Waals surface area (Å²) in [5.41, 5.74) is 6.44. The van der Waals surface area contributed by atoms with Gasteiger partial charge in [-0.2, -0.15) is 0 Å². The van der Waals surface area contributed by atoms with Crippen molar-refractivity contribution in [2.24, 2.45) is 10.7 Å². The normalized spacial score (nSPS) is 10.4. The van der Waals surface area contributed by atoms with Crippen LogP contribution in [0.25, 0.3) is 0 Å². The number of rotatable bonds is 5. The maximum Gasteiger partial charge on any atom is 0.193 e.